The van der Waals surface area contributed by atoms with Gasteiger partial charge in [0.25, 0.3) is 0 Å². The minimum atomic E-state index is -1.16. The number of benzene rings is 10. The number of hydrogen-bond donors (Lipinski definition) is 0. The van der Waals surface area contributed by atoms with Crippen molar-refractivity contribution in [3.63, 3.8) is 0 Å². The normalized spacial score (nSPS) is 13.0. The average Bonchev–Trinajstić information content (AvgIpc) is 4.00. The molecule has 0 aromatic heterocycles. The molecule has 286 valence electrons. The average molecular weight is 811 g/mol. The maximum Gasteiger partial charge on any atom is 0.231 e. The molecule has 0 unspecified atom stereocenters. The van der Waals surface area contributed by atoms with Crippen LogP contribution in [0.25, 0.3) is 54.2 Å². The second-order valence-corrected chi connectivity index (χ2v) is 19.6. The van der Waals surface area contributed by atoms with E-state index in [1.807, 2.05) is 0 Å². The van der Waals surface area contributed by atoms with E-state index in [1.54, 1.807) is 0 Å². The fourth-order valence-electron chi connectivity index (χ4n) is 8.90. The summed E-state index contributed by atoms with van der Waals surface area (Å²) in [5.74, 6) is 2.92. The van der Waals surface area contributed by atoms with Gasteiger partial charge in [0.05, 0.1) is 0 Å². The van der Waals surface area contributed by atoms with E-state index in [9.17, 15) is 0 Å². The van der Waals surface area contributed by atoms with Crippen molar-refractivity contribution in [2.24, 2.45) is 0 Å². The summed E-state index contributed by atoms with van der Waals surface area (Å²) in [6.45, 7) is 0.281. The van der Waals surface area contributed by atoms with E-state index in [-0.39, 0.29) is 13.6 Å². The Morgan fingerprint density at radius 3 is 0.900 bits per heavy atom. The Bertz CT molecular complexity index is 2940. The summed E-state index contributed by atoms with van der Waals surface area (Å²) in [6.07, 6.45) is 0. The number of hydrogen-bond acceptors (Lipinski definition) is 4. The van der Waals surface area contributed by atoms with Crippen molar-refractivity contribution in [2.75, 3.05) is 13.6 Å². The van der Waals surface area contributed by atoms with Crippen LogP contribution in [0.1, 0.15) is 0 Å². The van der Waals surface area contributed by atoms with Gasteiger partial charge in [-0.1, -0.05) is 146 Å². The lowest BCUT2D eigenvalue weighted by Crippen LogP contribution is -2.26. The zero-order valence-electron chi connectivity index (χ0n) is 32.4. The quantitative estimate of drug-likeness (QED) is 0.150. The van der Waals surface area contributed by atoms with E-state index in [0.29, 0.717) is 0 Å². The minimum absolute atomic E-state index is 0.140. The standard InChI is InChI=1S/C54H36O4P2/c1-5-13-39-29-43(21-17-35(39)9-1)59(44-22-18-36-10-2-6-14-40(36)30-44)49-27-25-47-53(57-33-55-47)51(49)52-50(28-26-48-54(52)58-34-56-48)60(45-23-19-37-11-3-7-15-41(37)31-45)46-24-20-38-12-4-8-16-42(38)32-46/h1-32H,33-34H2. The molecular weight excluding hydrogens is 775 g/mol. The molecule has 0 fully saturated rings. The summed E-state index contributed by atoms with van der Waals surface area (Å²) >= 11 is 0. The molecule has 10 aromatic rings. The first kappa shape index (κ1) is 35.3. The van der Waals surface area contributed by atoms with E-state index in [0.717, 1.165) is 44.7 Å². The summed E-state index contributed by atoms with van der Waals surface area (Å²) in [7, 11) is -2.32. The molecule has 0 saturated carbocycles. The molecule has 0 N–H and O–H groups in total. The van der Waals surface area contributed by atoms with Crippen LogP contribution < -0.4 is 50.8 Å². The lowest BCUT2D eigenvalue weighted by atomic mass is 10.0. The Kier molecular flexibility index (Phi) is 8.54. The number of rotatable bonds is 7. The predicted molar refractivity (Wildman–Crippen MR) is 252 cm³/mol. The van der Waals surface area contributed by atoms with Crippen molar-refractivity contribution in [2.45, 2.75) is 0 Å². The maximum absolute atomic E-state index is 6.61. The van der Waals surface area contributed by atoms with E-state index >= 15 is 0 Å². The largest absolute Gasteiger partial charge is 0.454 e. The van der Waals surface area contributed by atoms with Crippen molar-refractivity contribution >= 4 is 90.8 Å². The van der Waals surface area contributed by atoms with Crippen molar-refractivity contribution in [1.82, 2.24) is 0 Å². The second-order valence-electron chi connectivity index (χ2n) is 15.2. The third-order valence-corrected chi connectivity index (χ3v) is 16.6. The van der Waals surface area contributed by atoms with Gasteiger partial charge in [0.2, 0.25) is 13.6 Å². The molecule has 2 heterocycles. The molecule has 2 aliphatic heterocycles. The van der Waals surface area contributed by atoms with Gasteiger partial charge in [-0.15, -0.1) is 0 Å². The minimum Gasteiger partial charge on any atom is -0.454 e. The summed E-state index contributed by atoms with van der Waals surface area (Å²) in [5.41, 5.74) is 1.98. The second kappa shape index (κ2) is 14.5. The van der Waals surface area contributed by atoms with Gasteiger partial charge in [-0.05, 0) is 139 Å². The van der Waals surface area contributed by atoms with Gasteiger partial charge in [0, 0.05) is 11.1 Å². The van der Waals surface area contributed by atoms with Crippen molar-refractivity contribution in [3.8, 4) is 34.1 Å². The van der Waals surface area contributed by atoms with Crippen LogP contribution in [0.2, 0.25) is 0 Å². The Morgan fingerprint density at radius 2 is 0.583 bits per heavy atom. The maximum atomic E-state index is 6.61. The highest BCUT2D eigenvalue weighted by Crippen LogP contribution is 2.54. The van der Waals surface area contributed by atoms with Crippen LogP contribution in [0, 0.1) is 0 Å². The van der Waals surface area contributed by atoms with Gasteiger partial charge in [-0.3, -0.25) is 0 Å². The van der Waals surface area contributed by atoms with Crippen LogP contribution in [0.5, 0.6) is 23.0 Å². The summed E-state index contributed by atoms with van der Waals surface area (Å²) in [4.78, 5) is 0. The molecule has 60 heavy (non-hydrogen) atoms. The van der Waals surface area contributed by atoms with Crippen LogP contribution in [0.15, 0.2) is 194 Å². The first-order valence-corrected chi connectivity index (χ1v) is 22.8. The summed E-state index contributed by atoms with van der Waals surface area (Å²) in [6, 6.07) is 71.0. The Balaban J connectivity index is 1.17. The SMILES string of the molecule is c1ccc2cc(P(c3ccc4ccccc4c3)c3ccc4c(c3-c3c(P(c5ccc6ccccc6c5)c5ccc6ccccc6c5)ccc5c3OCO5)OCO4)ccc2c1. The van der Waals surface area contributed by atoms with Gasteiger partial charge in [0.15, 0.2) is 23.0 Å². The van der Waals surface area contributed by atoms with Crippen LogP contribution >= 0.6 is 15.8 Å². The molecule has 0 amide bonds. The Hall–Kier alpha value is -6.70. The summed E-state index contributed by atoms with van der Waals surface area (Å²) in [5, 5.41) is 17.0. The van der Waals surface area contributed by atoms with Crippen molar-refractivity contribution < 1.29 is 18.9 Å². The van der Waals surface area contributed by atoms with Crippen LogP contribution in [0.4, 0.5) is 0 Å². The first-order chi connectivity index (χ1) is 29.7. The molecule has 0 saturated heterocycles. The molecule has 10 aromatic carbocycles. The van der Waals surface area contributed by atoms with E-state index in [1.165, 1.54) is 64.3 Å². The molecule has 0 bridgehead atoms. The molecular formula is C54H36O4P2. The van der Waals surface area contributed by atoms with E-state index < -0.39 is 15.8 Å². The summed E-state index contributed by atoms with van der Waals surface area (Å²) < 4.78 is 25.7. The van der Waals surface area contributed by atoms with Crippen molar-refractivity contribution in [1.29, 1.82) is 0 Å². The molecule has 0 spiro atoms. The number of fused-ring (bicyclic) bond motifs is 6. The Morgan fingerprint density at radius 1 is 0.283 bits per heavy atom. The molecule has 0 radical (unpaired) electrons. The van der Waals surface area contributed by atoms with Gasteiger partial charge >= 0.3 is 0 Å². The van der Waals surface area contributed by atoms with E-state index in [4.69, 9.17) is 18.9 Å². The smallest absolute Gasteiger partial charge is 0.231 e. The van der Waals surface area contributed by atoms with Gasteiger partial charge in [-0.25, -0.2) is 0 Å². The lowest BCUT2D eigenvalue weighted by Gasteiger charge is -2.28. The van der Waals surface area contributed by atoms with E-state index in [2.05, 4.69) is 194 Å². The molecule has 6 heteroatoms. The fraction of sp³-hybridized carbons (Fsp3) is 0.0370. The predicted octanol–water partition coefficient (Wildman–Crippen LogP) is 10.9. The zero-order chi connectivity index (χ0) is 39.6. The third kappa shape index (κ3) is 5.98. The van der Waals surface area contributed by atoms with Crippen molar-refractivity contribution in [3.05, 3.63) is 194 Å². The van der Waals surface area contributed by atoms with Crippen LogP contribution in [-0.4, -0.2) is 13.6 Å². The molecule has 12 rings (SSSR count). The van der Waals surface area contributed by atoms with Gasteiger partial charge in [0.1, 0.15) is 0 Å². The topological polar surface area (TPSA) is 36.9 Å². The highest BCUT2D eigenvalue weighted by Gasteiger charge is 2.36. The highest BCUT2D eigenvalue weighted by atomic mass is 31.1. The Labute approximate surface area is 350 Å². The first-order valence-electron chi connectivity index (χ1n) is 20.1. The molecule has 2 aliphatic rings. The highest BCUT2D eigenvalue weighted by molar-refractivity contribution is 7.81. The van der Waals surface area contributed by atoms with Crippen LogP contribution in [0.3, 0.4) is 0 Å². The van der Waals surface area contributed by atoms with Gasteiger partial charge in [-0.2, -0.15) is 0 Å². The molecule has 0 atom stereocenters. The monoisotopic (exact) mass is 810 g/mol. The zero-order valence-corrected chi connectivity index (χ0v) is 34.2. The molecule has 4 nitrogen and oxygen atoms in total. The fourth-order valence-corrected chi connectivity index (χ4v) is 13.9. The van der Waals surface area contributed by atoms with Gasteiger partial charge < -0.3 is 18.9 Å². The number of ether oxygens (including phenoxy) is 4. The molecule has 0 aliphatic carbocycles. The lowest BCUT2D eigenvalue weighted by molar-refractivity contribution is 0.173. The van der Waals surface area contributed by atoms with Crippen LogP contribution in [-0.2, 0) is 0 Å². The third-order valence-electron chi connectivity index (χ3n) is 11.7.